The predicted molar refractivity (Wildman–Crippen MR) is 126 cm³/mol. The van der Waals surface area contributed by atoms with Crippen molar-refractivity contribution in [3.05, 3.63) is 77.8 Å². The van der Waals surface area contributed by atoms with Crippen LogP contribution in [0.25, 0.3) is 10.8 Å². The fourth-order valence-corrected chi connectivity index (χ4v) is 5.14. The molecule has 1 aromatic heterocycles. The molecule has 1 amide bonds. The fourth-order valence-electron chi connectivity index (χ4n) is 5.14. The van der Waals surface area contributed by atoms with Crippen molar-refractivity contribution in [1.29, 1.82) is 0 Å². The number of fused-ring (bicyclic) bond motifs is 2. The summed E-state index contributed by atoms with van der Waals surface area (Å²) in [6.45, 7) is 6.60. The second kappa shape index (κ2) is 8.71. The van der Waals surface area contributed by atoms with Gasteiger partial charge in [-0.05, 0) is 59.2 Å². The van der Waals surface area contributed by atoms with E-state index in [0.29, 0.717) is 19.0 Å². The van der Waals surface area contributed by atoms with E-state index in [1.54, 1.807) is 6.33 Å². The number of rotatable bonds is 4. The molecule has 1 saturated heterocycles. The highest BCUT2D eigenvalue weighted by Crippen LogP contribution is 2.38. The number of aromatic nitrogens is 2. The number of hydrogen-bond acceptors (Lipinski definition) is 5. The van der Waals surface area contributed by atoms with Gasteiger partial charge in [-0.15, -0.1) is 0 Å². The molecule has 0 radical (unpaired) electrons. The summed E-state index contributed by atoms with van der Waals surface area (Å²) in [5.74, 6) is 1.44. The van der Waals surface area contributed by atoms with Gasteiger partial charge >= 0.3 is 0 Å². The summed E-state index contributed by atoms with van der Waals surface area (Å²) >= 11 is 0. The number of carbonyl (C=O) groups is 1. The molecule has 1 N–H and O–H groups in total. The largest absolute Gasteiger partial charge is 0.392 e. The highest BCUT2D eigenvalue weighted by molar-refractivity contribution is 5.87. The summed E-state index contributed by atoms with van der Waals surface area (Å²) in [6, 6.07) is 12.7. The zero-order chi connectivity index (χ0) is 22.1. The van der Waals surface area contributed by atoms with Crippen molar-refractivity contribution in [2.75, 3.05) is 31.1 Å². The molecule has 3 aromatic rings. The number of amides is 1. The zero-order valence-corrected chi connectivity index (χ0v) is 18.2. The Hall–Kier alpha value is -3.25. The average molecular weight is 429 g/mol. The molecule has 0 saturated carbocycles. The van der Waals surface area contributed by atoms with Crippen LogP contribution in [0.1, 0.15) is 34.7 Å². The van der Waals surface area contributed by atoms with Crippen molar-refractivity contribution >= 4 is 22.5 Å². The van der Waals surface area contributed by atoms with Gasteiger partial charge in [-0.1, -0.05) is 36.9 Å². The van der Waals surface area contributed by atoms with E-state index in [9.17, 15) is 9.90 Å². The molecule has 1 fully saturated rings. The Bertz CT molecular complexity index is 1170. The molecular formula is C26H28N4O2. The maximum atomic E-state index is 11.9. The lowest BCUT2D eigenvalue weighted by molar-refractivity contribution is -0.126. The van der Waals surface area contributed by atoms with Crippen LogP contribution >= 0.6 is 0 Å². The van der Waals surface area contributed by atoms with E-state index in [4.69, 9.17) is 0 Å². The Balaban J connectivity index is 1.38. The van der Waals surface area contributed by atoms with Gasteiger partial charge in [-0.3, -0.25) is 4.79 Å². The van der Waals surface area contributed by atoms with Gasteiger partial charge in [-0.2, -0.15) is 0 Å². The summed E-state index contributed by atoms with van der Waals surface area (Å²) in [7, 11) is 0. The number of hydrogen-bond donors (Lipinski definition) is 1. The molecule has 6 nitrogen and oxygen atoms in total. The smallest absolute Gasteiger partial charge is 0.246 e. The van der Waals surface area contributed by atoms with Gasteiger partial charge in [0.1, 0.15) is 12.1 Å². The highest BCUT2D eigenvalue weighted by atomic mass is 16.3. The van der Waals surface area contributed by atoms with E-state index >= 15 is 0 Å². The van der Waals surface area contributed by atoms with Crippen LogP contribution in [-0.2, 0) is 24.2 Å². The van der Waals surface area contributed by atoms with Crippen LogP contribution in [-0.4, -0.2) is 52.1 Å². The van der Waals surface area contributed by atoms with E-state index in [2.05, 4.69) is 51.8 Å². The van der Waals surface area contributed by atoms with Gasteiger partial charge in [0.25, 0.3) is 0 Å². The molecule has 2 aliphatic rings. The molecule has 1 aliphatic heterocycles. The van der Waals surface area contributed by atoms with Crippen LogP contribution in [0.2, 0.25) is 0 Å². The maximum absolute atomic E-state index is 11.9. The van der Waals surface area contributed by atoms with Crippen LogP contribution in [0.15, 0.2) is 55.4 Å². The first-order valence-corrected chi connectivity index (χ1v) is 11.3. The molecular weight excluding hydrogens is 400 g/mol. The van der Waals surface area contributed by atoms with Crippen molar-refractivity contribution in [2.45, 2.75) is 31.8 Å². The van der Waals surface area contributed by atoms with Crippen LogP contribution in [0.5, 0.6) is 0 Å². The Labute approximate surface area is 188 Å². The number of anilines is 1. The van der Waals surface area contributed by atoms with Crippen molar-refractivity contribution < 1.29 is 9.90 Å². The second-order valence-corrected chi connectivity index (χ2v) is 8.64. The minimum Gasteiger partial charge on any atom is -0.392 e. The van der Waals surface area contributed by atoms with E-state index < -0.39 is 0 Å². The van der Waals surface area contributed by atoms with Crippen molar-refractivity contribution in [3.63, 3.8) is 0 Å². The molecule has 2 aromatic carbocycles. The van der Waals surface area contributed by atoms with E-state index in [-0.39, 0.29) is 12.5 Å². The molecule has 1 aliphatic carbocycles. The molecule has 1 unspecified atom stereocenters. The normalized spacial score (nSPS) is 18.5. The summed E-state index contributed by atoms with van der Waals surface area (Å²) in [4.78, 5) is 25.3. The van der Waals surface area contributed by atoms with Crippen LogP contribution in [0, 0.1) is 0 Å². The summed E-state index contributed by atoms with van der Waals surface area (Å²) in [5, 5.41) is 11.9. The Morgan fingerprint density at radius 2 is 2.00 bits per heavy atom. The van der Waals surface area contributed by atoms with Crippen LogP contribution < -0.4 is 4.90 Å². The lowest BCUT2D eigenvalue weighted by Crippen LogP contribution is -2.49. The topological polar surface area (TPSA) is 69.6 Å². The van der Waals surface area contributed by atoms with E-state index in [1.807, 2.05) is 11.0 Å². The highest BCUT2D eigenvalue weighted by Gasteiger charge is 2.28. The molecule has 6 heteroatoms. The minimum absolute atomic E-state index is 0.00148. The monoisotopic (exact) mass is 428 g/mol. The lowest BCUT2D eigenvalue weighted by atomic mass is 9.80. The van der Waals surface area contributed by atoms with Crippen molar-refractivity contribution in [2.24, 2.45) is 0 Å². The molecule has 1 atom stereocenters. The van der Waals surface area contributed by atoms with Gasteiger partial charge in [0.2, 0.25) is 5.91 Å². The second-order valence-electron chi connectivity index (χ2n) is 8.64. The zero-order valence-electron chi connectivity index (χ0n) is 18.2. The van der Waals surface area contributed by atoms with Gasteiger partial charge in [0.15, 0.2) is 0 Å². The summed E-state index contributed by atoms with van der Waals surface area (Å²) < 4.78 is 0. The summed E-state index contributed by atoms with van der Waals surface area (Å²) in [5.41, 5.74) is 4.69. The van der Waals surface area contributed by atoms with Crippen molar-refractivity contribution in [1.82, 2.24) is 14.9 Å². The third-order valence-corrected chi connectivity index (χ3v) is 6.86. The fraction of sp³-hybridized carbons (Fsp3) is 0.346. The standard InChI is InChI=1S/C26H28N4O2/c1-2-25(32)29-10-12-30(13-11-29)26-23-9-7-20(15-24(23)27-17-28-26)21-5-3-4-19-14-18(16-31)6-8-22(19)21/h2-6,8,14,17,20,31H,1,7,9-13,15-16H2. The van der Waals surface area contributed by atoms with Crippen LogP contribution in [0.3, 0.4) is 0 Å². The van der Waals surface area contributed by atoms with Gasteiger partial charge < -0.3 is 14.9 Å². The third-order valence-electron chi connectivity index (χ3n) is 6.86. The molecule has 0 spiro atoms. The van der Waals surface area contributed by atoms with Crippen molar-refractivity contribution in [3.8, 4) is 0 Å². The van der Waals surface area contributed by atoms with Gasteiger partial charge in [0.05, 0.1) is 6.61 Å². The van der Waals surface area contributed by atoms with E-state index in [1.165, 1.54) is 28.0 Å². The summed E-state index contributed by atoms with van der Waals surface area (Å²) in [6.07, 6.45) is 5.99. The average Bonchev–Trinajstić information content (AvgIpc) is 2.86. The Morgan fingerprint density at radius 3 is 2.78 bits per heavy atom. The number of nitrogens with zero attached hydrogens (tertiary/aromatic N) is 4. The molecule has 0 bridgehead atoms. The van der Waals surface area contributed by atoms with E-state index in [0.717, 1.165) is 49.4 Å². The number of aliphatic hydroxyl groups excluding tert-OH is 1. The third kappa shape index (κ3) is 3.75. The first kappa shape index (κ1) is 20.6. The van der Waals surface area contributed by atoms with Gasteiger partial charge in [-0.25, -0.2) is 9.97 Å². The molecule has 5 rings (SSSR count). The maximum Gasteiger partial charge on any atom is 0.246 e. The SMILES string of the molecule is C=CC(=O)N1CCN(c2ncnc3c2CCC(c2cccc4cc(CO)ccc24)C3)CC1. The molecule has 164 valence electrons. The number of piperazine rings is 1. The molecule has 32 heavy (non-hydrogen) atoms. The number of aliphatic hydroxyl groups is 1. The quantitative estimate of drug-likeness (QED) is 0.646. The Kier molecular flexibility index (Phi) is 5.62. The lowest BCUT2D eigenvalue weighted by Gasteiger charge is -2.37. The van der Waals surface area contributed by atoms with Gasteiger partial charge in [0, 0.05) is 37.4 Å². The van der Waals surface area contributed by atoms with Crippen LogP contribution in [0.4, 0.5) is 5.82 Å². The Morgan fingerprint density at radius 1 is 1.16 bits per heavy atom. The first-order chi connectivity index (χ1) is 15.7. The predicted octanol–water partition coefficient (Wildman–Crippen LogP) is 3.23. The minimum atomic E-state index is -0.00148. The first-order valence-electron chi connectivity index (χ1n) is 11.3. The number of carbonyl (C=O) groups excluding carboxylic acids is 1. The number of benzene rings is 2. The molecule has 2 heterocycles.